The van der Waals surface area contributed by atoms with Gasteiger partial charge in [-0.3, -0.25) is 4.79 Å². The number of carbonyl (C=O) groups is 1. The number of carbonyl (C=O) groups excluding carboxylic acids is 1. The zero-order valence-corrected chi connectivity index (χ0v) is 12.6. The smallest absolute Gasteiger partial charge is 0.221 e. The molecule has 4 nitrogen and oxygen atoms in total. The van der Waals surface area contributed by atoms with Crippen LogP contribution in [0.2, 0.25) is 0 Å². The van der Waals surface area contributed by atoms with Crippen molar-refractivity contribution in [3.63, 3.8) is 0 Å². The lowest BCUT2D eigenvalue weighted by molar-refractivity contribution is -0.122. The first-order chi connectivity index (χ1) is 10.2. The molecule has 0 aromatic heterocycles. The number of benzene rings is 1. The molecule has 0 spiro atoms. The van der Waals surface area contributed by atoms with Crippen LogP contribution < -0.4 is 11.1 Å². The normalized spacial score (nSPS) is 16.8. The number of nitrogens with two attached hydrogens (primary N) is 1. The molecule has 1 aliphatic carbocycles. The molecule has 1 amide bonds. The van der Waals surface area contributed by atoms with Crippen molar-refractivity contribution in [2.24, 2.45) is 5.73 Å². The summed E-state index contributed by atoms with van der Waals surface area (Å²) in [4.78, 5) is 11.8. The van der Waals surface area contributed by atoms with E-state index in [9.17, 15) is 4.79 Å². The Morgan fingerprint density at radius 1 is 1.24 bits per heavy atom. The van der Waals surface area contributed by atoms with Crippen LogP contribution in [-0.4, -0.2) is 24.6 Å². The summed E-state index contributed by atoms with van der Waals surface area (Å²) in [5, 5.41) is 2.93. The first kappa shape index (κ1) is 16.0. The van der Waals surface area contributed by atoms with Crippen molar-refractivity contribution in [2.45, 2.75) is 50.7 Å². The van der Waals surface area contributed by atoms with Gasteiger partial charge in [-0.25, -0.2) is 0 Å². The SMILES string of the molecule is NC1(CC(=O)NCCCOCc2ccccc2)CCCC1. The van der Waals surface area contributed by atoms with Crippen molar-refractivity contribution >= 4 is 5.91 Å². The maximum Gasteiger partial charge on any atom is 0.221 e. The molecule has 0 unspecified atom stereocenters. The fourth-order valence-corrected chi connectivity index (χ4v) is 2.80. The molecule has 0 atom stereocenters. The van der Waals surface area contributed by atoms with Crippen molar-refractivity contribution in [1.29, 1.82) is 0 Å². The van der Waals surface area contributed by atoms with Crippen LogP contribution in [0.3, 0.4) is 0 Å². The molecule has 2 rings (SSSR count). The molecule has 1 aromatic rings. The number of rotatable bonds is 8. The van der Waals surface area contributed by atoms with Gasteiger partial charge in [0.25, 0.3) is 0 Å². The van der Waals surface area contributed by atoms with Gasteiger partial charge >= 0.3 is 0 Å². The maximum atomic E-state index is 11.8. The lowest BCUT2D eigenvalue weighted by Crippen LogP contribution is -2.42. The Bertz CT molecular complexity index is 428. The van der Waals surface area contributed by atoms with Gasteiger partial charge in [-0.15, -0.1) is 0 Å². The number of amides is 1. The standard InChI is InChI=1S/C17H26N2O2/c18-17(9-4-5-10-17)13-16(20)19-11-6-12-21-14-15-7-2-1-3-8-15/h1-3,7-8H,4-6,9-14,18H2,(H,19,20). The van der Waals surface area contributed by atoms with Crippen LogP contribution in [0.25, 0.3) is 0 Å². The highest BCUT2D eigenvalue weighted by atomic mass is 16.5. The van der Waals surface area contributed by atoms with Gasteiger partial charge in [0.15, 0.2) is 0 Å². The van der Waals surface area contributed by atoms with Gasteiger partial charge < -0.3 is 15.8 Å². The number of nitrogens with one attached hydrogen (secondary N) is 1. The van der Waals surface area contributed by atoms with E-state index in [0.717, 1.165) is 32.1 Å². The van der Waals surface area contributed by atoms with Crippen molar-refractivity contribution < 1.29 is 9.53 Å². The van der Waals surface area contributed by atoms with E-state index < -0.39 is 0 Å². The van der Waals surface area contributed by atoms with Gasteiger partial charge in [0.2, 0.25) is 5.91 Å². The van der Waals surface area contributed by atoms with Gasteiger partial charge in [0, 0.05) is 25.1 Å². The first-order valence-corrected chi connectivity index (χ1v) is 7.85. The minimum atomic E-state index is -0.256. The first-order valence-electron chi connectivity index (χ1n) is 7.85. The Morgan fingerprint density at radius 2 is 1.95 bits per heavy atom. The van der Waals surface area contributed by atoms with E-state index in [-0.39, 0.29) is 11.4 Å². The van der Waals surface area contributed by atoms with Crippen LogP contribution in [0.15, 0.2) is 30.3 Å². The van der Waals surface area contributed by atoms with E-state index in [1.807, 2.05) is 30.3 Å². The second-order valence-electron chi connectivity index (χ2n) is 5.99. The summed E-state index contributed by atoms with van der Waals surface area (Å²) in [5.74, 6) is 0.0717. The highest BCUT2D eigenvalue weighted by molar-refractivity contribution is 5.77. The third-order valence-electron chi connectivity index (χ3n) is 4.01. The van der Waals surface area contributed by atoms with Crippen molar-refractivity contribution in [1.82, 2.24) is 5.32 Å². The Balaban J connectivity index is 1.50. The maximum absolute atomic E-state index is 11.8. The van der Waals surface area contributed by atoms with Crippen molar-refractivity contribution in [2.75, 3.05) is 13.2 Å². The summed E-state index contributed by atoms with van der Waals surface area (Å²) >= 11 is 0. The molecule has 0 radical (unpaired) electrons. The number of hydrogen-bond donors (Lipinski definition) is 2. The molecular weight excluding hydrogens is 264 g/mol. The summed E-state index contributed by atoms with van der Waals surface area (Å²) in [6.45, 7) is 1.94. The van der Waals surface area contributed by atoms with Crippen LogP contribution in [-0.2, 0) is 16.1 Å². The second-order valence-corrected chi connectivity index (χ2v) is 5.99. The highest BCUT2D eigenvalue weighted by Gasteiger charge is 2.31. The molecular formula is C17H26N2O2. The van der Waals surface area contributed by atoms with Crippen LogP contribution in [0, 0.1) is 0 Å². The molecule has 21 heavy (non-hydrogen) atoms. The third kappa shape index (κ3) is 5.86. The minimum absolute atomic E-state index is 0.0717. The molecule has 0 saturated heterocycles. The highest BCUT2D eigenvalue weighted by Crippen LogP contribution is 2.29. The largest absolute Gasteiger partial charge is 0.377 e. The van der Waals surface area contributed by atoms with Gasteiger partial charge in [-0.2, -0.15) is 0 Å². The number of ether oxygens (including phenoxy) is 1. The van der Waals surface area contributed by atoms with Crippen molar-refractivity contribution in [3.8, 4) is 0 Å². The zero-order valence-electron chi connectivity index (χ0n) is 12.6. The van der Waals surface area contributed by atoms with Gasteiger partial charge in [-0.1, -0.05) is 43.2 Å². The quantitative estimate of drug-likeness (QED) is 0.722. The van der Waals surface area contributed by atoms with Gasteiger partial charge in [0.05, 0.1) is 6.61 Å². The lowest BCUT2D eigenvalue weighted by Gasteiger charge is -2.22. The molecule has 3 N–H and O–H groups in total. The summed E-state index contributed by atoms with van der Waals surface area (Å²) in [5.41, 5.74) is 7.11. The molecule has 0 aliphatic heterocycles. The monoisotopic (exact) mass is 290 g/mol. The van der Waals surface area contributed by atoms with Crippen LogP contribution >= 0.6 is 0 Å². The second kappa shape index (κ2) is 8.15. The molecule has 4 heteroatoms. The molecule has 1 saturated carbocycles. The Labute approximate surface area is 127 Å². The molecule has 116 valence electrons. The summed E-state index contributed by atoms with van der Waals surface area (Å²) < 4.78 is 5.58. The average molecular weight is 290 g/mol. The van der Waals surface area contributed by atoms with Crippen LogP contribution in [0.1, 0.15) is 44.1 Å². The van der Waals surface area contributed by atoms with Gasteiger partial charge in [-0.05, 0) is 24.8 Å². The Kier molecular flexibility index (Phi) is 6.21. The topological polar surface area (TPSA) is 64.4 Å². The molecule has 1 aromatic carbocycles. The predicted octanol–water partition coefficient (Wildman–Crippen LogP) is 2.37. The summed E-state index contributed by atoms with van der Waals surface area (Å²) in [6.07, 6.45) is 5.53. The summed E-state index contributed by atoms with van der Waals surface area (Å²) in [6, 6.07) is 10.1. The molecule has 0 bridgehead atoms. The van der Waals surface area contributed by atoms with E-state index in [4.69, 9.17) is 10.5 Å². The fraction of sp³-hybridized carbons (Fsp3) is 0.588. The van der Waals surface area contributed by atoms with Crippen LogP contribution in [0.4, 0.5) is 0 Å². The Morgan fingerprint density at radius 3 is 2.67 bits per heavy atom. The summed E-state index contributed by atoms with van der Waals surface area (Å²) in [7, 11) is 0. The van der Waals surface area contributed by atoms with E-state index >= 15 is 0 Å². The van der Waals surface area contributed by atoms with Crippen molar-refractivity contribution in [3.05, 3.63) is 35.9 Å². The van der Waals surface area contributed by atoms with E-state index in [1.165, 1.54) is 5.56 Å². The molecule has 1 fully saturated rings. The minimum Gasteiger partial charge on any atom is -0.377 e. The zero-order chi connectivity index (χ0) is 15.0. The van der Waals surface area contributed by atoms with Crippen LogP contribution in [0.5, 0.6) is 0 Å². The molecule has 0 heterocycles. The average Bonchev–Trinajstić information content (AvgIpc) is 2.90. The lowest BCUT2D eigenvalue weighted by atomic mass is 9.94. The number of hydrogen-bond acceptors (Lipinski definition) is 3. The third-order valence-corrected chi connectivity index (χ3v) is 4.01. The molecule has 1 aliphatic rings. The van der Waals surface area contributed by atoms with E-state index in [0.29, 0.717) is 26.2 Å². The predicted molar refractivity (Wildman–Crippen MR) is 83.7 cm³/mol. The van der Waals surface area contributed by atoms with Gasteiger partial charge in [0.1, 0.15) is 0 Å². The van der Waals surface area contributed by atoms with E-state index in [1.54, 1.807) is 0 Å². The fourth-order valence-electron chi connectivity index (χ4n) is 2.80. The van der Waals surface area contributed by atoms with E-state index in [2.05, 4.69) is 5.32 Å². The Hall–Kier alpha value is -1.39.